The van der Waals surface area contributed by atoms with E-state index in [1.807, 2.05) is 48.5 Å². The molecule has 5 heteroatoms. The largest absolute Gasteiger partial charge is 0.384 e. The monoisotopic (exact) mass is 421 g/mol. The van der Waals surface area contributed by atoms with Crippen molar-refractivity contribution in [3.63, 3.8) is 0 Å². The predicted octanol–water partition coefficient (Wildman–Crippen LogP) is 5.49. The molecule has 3 nitrogen and oxygen atoms in total. The van der Waals surface area contributed by atoms with Gasteiger partial charge in [-0.25, -0.2) is 0 Å². The number of aliphatic hydroxyl groups is 1. The van der Waals surface area contributed by atoms with Crippen molar-refractivity contribution in [3.05, 3.63) is 69.7 Å². The zero-order valence-corrected chi connectivity index (χ0v) is 17.9. The average Bonchev–Trinajstić information content (AvgIpc) is 2.72. The maximum Gasteiger partial charge on any atom is 0.0977 e. The summed E-state index contributed by atoms with van der Waals surface area (Å²) >= 11 is 12.3. The molecule has 2 aromatic carbocycles. The molecule has 28 heavy (non-hydrogen) atoms. The Bertz CT molecular complexity index is 729. The van der Waals surface area contributed by atoms with Crippen LogP contribution in [0.3, 0.4) is 0 Å². The number of rotatable bonds is 8. The average molecular weight is 422 g/mol. The van der Waals surface area contributed by atoms with Gasteiger partial charge in [-0.1, -0.05) is 67.2 Å². The van der Waals surface area contributed by atoms with E-state index in [1.165, 1.54) is 0 Å². The van der Waals surface area contributed by atoms with Gasteiger partial charge in [0.2, 0.25) is 0 Å². The molecule has 0 spiro atoms. The third kappa shape index (κ3) is 5.28. The van der Waals surface area contributed by atoms with Crippen LogP contribution in [0.2, 0.25) is 10.0 Å². The molecular weight excluding hydrogens is 393 g/mol. The Morgan fingerprint density at radius 2 is 1.57 bits per heavy atom. The number of ether oxygens (including phenoxy) is 1. The van der Waals surface area contributed by atoms with E-state index >= 15 is 0 Å². The number of hydrogen-bond donors (Lipinski definition) is 1. The van der Waals surface area contributed by atoms with E-state index in [-0.39, 0.29) is 5.92 Å². The van der Waals surface area contributed by atoms with E-state index in [2.05, 4.69) is 11.8 Å². The predicted molar refractivity (Wildman–Crippen MR) is 116 cm³/mol. The summed E-state index contributed by atoms with van der Waals surface area (Å²) in [5.74, 6) is -0.0735. The van der Waals surface area contributed by atoms with Crippen molar-refractivity contribution < 1.29 is 9.84 Å². The molecule has 0 aromatic heterocycles. The first-order valence-electron chi connectivity index (χ1n) is 10.1. The van der Waals surface area contributed by atoms with Crippen molar-refractivity contribution in [1.29, 1.82) is 0 Å². The standard InChI is InChI=1S/C23H29Cl2NO2/c1-2-3-12-23(27,19-6-10-21(25)11-7-19)22(17-26-13-15-28-16-14-26)18-4-8-20(24)9-5-18/h4-11,22,27H,2-3,12-17H2,1H3. The van der Waals surface area contributed by atoms with Gasteiger partial charge >= 0.3 is 0 Å². The first-order valence-corrected chi connectivity index (χ1v) is 10.8. The molecule has 0 amide bonds. The Balaban J connectivity index is 2.00. The van der Waals surface area contributed by atoms with Gasteiger partial charge in [-0.3, -0.25) is 4.90 Å². The maximum absolute atomic E-state index is 12.1. The minimum Gasteiger partial charge on any atom is -0.384 e. The van der Waals surface area contributed by atoms with Crippen LogP contribution >= 0.6 is 23.2 Å². The van der Waals surface area contributed by atoms with Gasteiger partial charge in [0, 0.05) is 35.6 Å². The Morgan fingerprint density at radius 3 is 2.14 bits per heavy atom. The summed E-state index contributed by atoms with van der Waals surface area (Å²) in [5.41, 5.74) is 1.04. The van der Waals surface area contributed by atoms with Crippen LogP contribution in [0.5, 0.6) is 0 Å². The van der Waals surface area contributed by atoms with Gasteiger partial charge in [-0.2, -0.15) is 0 Å². The Labute approximate surface area is 178 Å². The van der Waals surface area contributed by atoms with Crippen molar-refractivity contribution >= 4 is 23.2 Å². The van der Waals surface area contributed by atoms with Crippen LogP contribution in [0.15, 0.2) is 48.5 Å². The van der Waals surface area contributed by atoms with E-state index in [1.54, 1.807) is 0 Å². The molecule has 1 saturated heterocycles. The SMILES string of the molecule is CCCCC(O)(c1ccc(Cl)cc1)C(CN1CCOCC1)c1ccc(Cl)cc1. The highest BCUT2D eigenvalue weighted by Crippen LogP contribution is 2.42. The van der Waals surface area contributed by atoms with Gasteiger partial charge in [0.05, 0.1) is 18.8 Å². The molecule has 2 unspecified atom stereocenters. The van der Waals surface area contributed by atoms with E-state index in [9.17, 15) is 5.11 Å². The molecule has 1 heterocycles. The number of unbranched alkanes of at least 4 members (excludes halogenated alkanes) is 1. The molecule has 0 saturated carbocycles. The zero-order valence-electron chi connectivity index (χ0n) is 16.4. The van der Waals surface area contributed by atoms with Crippen molar-refractivity contribution in [2.24, 2.45) is 0 Å². The molecule has 3 rings (SSSR count). The van der Waals surface area contributed by atoms with Gasteiger partial charge in [0.1, 0.15) is 0 Å². The second-order valence-corrected chi connectivity index (χ2v) is 8.42. The number of hydrogen-bond acceptors (Lipinski definition) is 3. The van der Waals surface area contributed by atoms with Gasteiger partial charge < -0.3 is 9.84 Å². The molecule has 0 radical (unpaired) electrons. The van der Waals surface area contributed by atoms with Crippen LogP contribution in [-0.2, 0) is 10.3 Å². The molecule has 0 aliphatic carbocycles. The molecule has 2 atom stereocenters. The van der Waals surface area contributed by atoms with E-state index in [0.29, 0.717) is 16.5 Å². The van der Waals surface area contributed by atoms with Gasteiger partial charge in [0.25, 0.3) is 0 Å². The number of morpholine rings is 1. The molecule has 1 fully saturated rings. The van der Waals surface area contributed by atoms with Gasteiger partial charge in [-0.05, 0) is 41.8 Å². The fourth-order valence-electron chi connectivity index (χ4n) is 3.97. The lowest BCUT2D eigenvalue weighted by Crippen LogP contribution is -2.45. The Kier molecular flexibility index (Phi) is 7.78. The zero-order chi connectivity index (χ0) is 20.0. The molecule has 1 aliphatic heterocycles. The summed E-state index contributed by atoms with van der Waals surface area (Å²) in [6.07, 6.45) is 2.68. The smallest absolute Gasteiger partial charge is 0.0977 e. The highest BCUT2D eigenvalue weighted by atomic mass is 35.5. The molecule has 1 aliphatic rings. The molecular formula is C23H29Cl2NO2. The van der Waals surface area contributed by atoms with Crippen LogP contribution in [-0.4, -0.2) is 42.9 Å². The Morgan fingerprint density at radius 1 is 1.00 bits per heavy atom. The molecule has 0 bridgehead atoms. The van der Waals surface area contributed by atoms with Crippen molar-refractivity contribution in [3.8, 4) is 0 Å². The quantitative estimate of drug-likeness (QED) is 0.611. The van der Waals surface area contributed by atoms with Crippen molar-refractivity contribution in [2.75, 3.05) is 32.8 Å². The fraction of sp³-hybridized carbons (Fsp3) is 0.478. The van der Waals surface area contributed by atoms with Crippen LogP contribution in [0.4, 0.5) is 0 Å². The summed E-state index contributed by atoms with van der Waals surface area (Å²) in [7, 11) is 0. The minimum atomic E-state index is -0.979. The van der Waals surface area contributed by atoms with E-state index < -0.39 is 5.60 Å². The fourth-order valence-corrected chi connectivity index (χ4v) is 4.23. The summed E-state index contributed by atoms with van der Waals surface area (Å²) < 4.78 is 5.51. The topological polar surface area (TPSA) is 32.7 Å². The minimum absolute atomic E-state index is 0.0735. The van der Waals surface area contributed by atoms with Crippen molar-refractivity contribution in [2.45, 2.75) is 37.7 Å². The van der Waals surface area contributed by atoms with Gasteiger partial charge in [-0.15, -0.1) is 0 Å². The number of halogens is 2. The van der Waals surface area contributed by atoms with Crippen molar-refractivity contribution in [1.82, 2.24) is 4.90 Å². The molecule has 1 N–H and O–H groups in total. The second-order valence-electron chi connectivity index (χ2n) is 7.55. The third-order valence-electron chi connectivity index (χ3n) is 5.65. The summed E-state index contributed by atoms with van der Waals surface area (Å²) in [5, 5.41) is 13.5. The highest BCUT2D eigenvalue weighted by Gasteiger charge is 2.40. The van der Waals surface area contributed by atoms with Crippen LogP contribution in [0.25, 0.3) is 0 Å². The summed E-state index contributed by atoms with van der Waals surface area (Å²) in [4.78, 5) is 2.38. The third-order valence-corrected chi connectivity index (χ3v) is 6.15. The Hall–Kier alpha value is -1.10. The lowest BCUT2D eigenvalue weighted by Gasteiger charge is -2.41. The summed E-state index contributed by atoms with van der Waals surface area (Å²) in [6, 6.07) is 15.5. The second kappa shape index (κ2) is 10.1. The van der Waals surface area contributed by atoms with Gasteiger partial charge in [0.15, 0.2) is 0 Å². The normalized spacial score (nSPS) is 18.6. The number of nitrogens with zero attached hydrogens (tertiary/aromatic N) is 1. The molecule has 2 aromatic rings. The van der Waals surface area contributed by atoms with Crippen LogP contribution in [0, 0.1) is 0 Å². The first-order chi connectivity index (χ1) is 13.5. The summed E-state index contributed by atoms with van der Waals surface area (Å²) in [6.45, 7) is 6.17. The van der Waals surface area contributed by atoms with Crippen LogP contribution in [0.1, 0.15) is 43.2 Å². The van der Waals surface area contributed by atoms with Crippen LogP contribution < -0.4 is 0 Å². The first kappa shape index (κ1) is 21.6. The molecule has 152 valence electrons. The lowest BCUT2D eigenvalue weighted by atomic mass is 9.74. The number of benzene rings is 2. The van der Waals surface area contributed by atoms with E-state index in [0.717, 1.165) is 56.8 Å². The lowest BCUT2D eigenvalue weighted by molar-refractivity contribution is -0.0293. The maximum atomic E-state index is 12.1. The highest BCUT2D eigenvalue weighted by molar-refractivity contribution is 6.30. The van der Waals surface area contributed by atoms with E-state index in [4.69, 9.17) is 27.9 Å².